The maximum absolute atomic E-state index is 12.2. The van der Waals surface area contributed by atoms with Crippen molar-refractivity contribution < 1.29 is 14.6 Å². The molecule has 1 amide bonds. The number of benzene rings is 2. The molecule has 1 unspecified atom stereocenters. The third-order valence-corrected chi connectivity index (χ3v) is 3.42. The van der Waals surface area contributed by atoms with Crippen LogP contribution in [-0.4, -0.2) is 18.1 Å². The van der Waals surface area contributed by atoms with Crippen LogP contribution in [-0.2, 0) is 0 Å². The van der Waals surface area contributed by atoms with E-state index >= 15 is 0 Å². The number of aryl methyl sites for hydroxylation is 1. The van der Waals surface area contributed by atoms with Crippen molar-refractivity contribution in [1.82, 2.24) is 5.32 Å². The fourth-order valence-electron chi connectivity index (χ4n) is 2.05. The molecule has 0 radical (unpaired) electrons. The number of rotatable bonds is 4. The molecule has 21 heavy (non-hydrogen) atoms. The van der Waals surface area contributed by atoms with E-state index in [4.69, 9.17) is 4.74 Å². The minimum absolute atomic E-state index is 0.113. The fourth-order valence-corrected chi connectivity index (χ4v) is 2.05. The lowest BCUT2D eigenvalue weighted by Gasteiger charge is -2.15. The second-order valence-electron chi connectivity index (χ2n) is 4.97. The molecule has 0 aliphatic carbocycles. The predicted molar refractivity (Wildman–Crippen MR) is 81.7 cm³/mol. The van der Waals surface area contributed by atoms with Crippen LogP contribution in [0.25, 0.3) is 0 Å². The second kappa shape index (κ2) is 6.31. The molecule has 110 valence electrons. The van der Waals surface area contributed by atoms with Crippen LogP contribution in [0.15, 0.2) is 42.5 Å². The Morgan fingerprint density at radius 2 is 1.86 bits per heavy atom. The molecule has 4 heteroatoms. The van der Waals surface area contributed by atoms with Gasteiger partial charge in [-0.2, -0.15) is 0 Å². The number of hydrogen-bond acceptors (Lipinski definition) is 3. The molecule has 0 fully saturated rings. The quantitative estimate of drug-likeness (QED) is 0.907. The van der Waals surface area contributed by atoms with E-state index in [1.807, 2.05) is 31.2 Å². The fraction of sp³-hybridized carbons (Fsp3) is 0.235. The Morgan fingerprint density at radius 3 is 2.43 bits per heavy atom. The largest absolute Gasteiger partial charge is 0.508 e. The van der Waals surface area contributed by atoms with Gasteiger partial charge >= 0.3 is 0 Å². The molecule has 0 aliphatic rings. The van der Waals surface area contributed by atoms with E-state index in [9.17, 15) is 9.90 Å². The van der Waals surface area contributed by atoms with Crippen molar-refractivity contribution in [2.75, 3.05) is 7.11 Å². The normalized spacial score (nSPS) is 11.8. The molecule has 0 saturated carbocycles. The Balaban J connectivity index is 2.08. The molecule has 2 aromatic carbocycles. The molecule has 0 aromatic heterocycles. The van der Waals surface area contributed by atoms with Gasteiger partial charge in [-0.15, -0.1) is 0 Å². The van der Waals surface area contributed by atoms with Crippen LogP contribution >= 0.6 is 0 Å². The molecule has 0 bridgehead atoms. The average molecular weight is 285 g/mol. The minimum Gasteiger partial charge on any atom is -0.508 e. The lowest BCUT2D eigenvalue weighted by molar-refractivity contribution is 0.0940. The molecular weight excluding hydrogens is 266 g/mol. The van der Waals surface area contributed by atoms with Crippen LogP contribution < -0.4 is 10.1 Å². The van der Waals surface area contributed by atoms with Crippen molar-refractivity contribution in [2.24, 2.45) is 0 Å². The first-order chi connectivity index (χ1) is 10.0. The summed E-state index contributed by atoms with van der Waals surface area (Å²) in [5.74, 6) is 0.808. The topological polar surface area (TPSA) is 58.6 Å². The molecule has 0 aliphatic heterocycles. The van der Waals surface area contributed by atoms with Gasteiger partial charge in [-0.25, -0.2) is 0 Å². The van der Waals surface area contributed by atoms with Crippen LogP contribution in [0.3, 0.4) is 0 Å². The maximum Gasteiger partial charge on any atom is 0.251 e. The average Bonchev–Trinajstić information content (AvgIpc) is 2.50. The number of amides is 1. The van der Waals surface area contributed by atoms with Gasteiger partial charge in [0.2, 0.25) is 0 Å². The summed E-state index contributed by atoms with van der Waals surface area (Å²) < 4.78 is 5.11. The first-order valence-corrected chi connectivity index (χ1v) is 6.75. The minimum atomic E-state index is -0.165. The predicted octanol–water partition coefficient (Wildman–Crippen LogP) is 3.20. The summed E-state index contributed by atoms with van der Waals surface area (Å²) in [6.45, 7) is 3.69. The van der Waals surface area contributed by atoms with Crippen LogP contribution in [0.4, 0.5) is 0 Å². The number of ether oxygens (including phenoxy) is 1. The highest BCUT2D eigenvalue weighted by Gasteiger charge is 2.12. The van der Waals surface area contributed by atoms with Crippen molar-refractivity contribution in [3.8, 4) is 11.5 Å². The number of nitrogens with one attached hydrogen (secondary N) is 1. The lowest BCUT2D eigenvalue weighted by atomic mass is 10.1. The van der Waals surface area contributed by atoms with Gasteiger partial charge in [0, 0.05) is 5.56 Å². The zero-order valence-corrected chi connectivity index (χ0v) is 12.4. The monoisotopic (exact) mass is 285 g/mol. The number of phenolic OH excluding ortho intramolecular Hbond substituents is 1. The standard InChI is InChI=1S/C17H19NO3/c1-11-10-14(6-9-16(11)19)17(20)18-12(2)13-4-7-15(21-3)8-5-13/h4-10,12,19H,1-3H3,(H,18,20). The summed E-state index contributed by atoms with van der Waals surface area (Å²) in [6, 6.07) is 12.3. The van der Waals surface area contributed by atoms with Crippen molar-refractivity contribution in [3.63, 3.8) is 0 Å². The Morgan fingerprint density at radius 1 is 1.19 bits per heavy atom. The maximum atomic E-state index is 12.2. The van der Waals surface area contributed by atoms with Gasteiger partial charge in [0.05, 0.1) is 13.2 Å². The molecule has 1 atom stereocenters. The summed E-state index contributed by atoms with van der Waals surface area (Å²) in [6.07, 6.45) is 0. The number of methoxy groups -OCH3 is 1. The number of carbonyl (C=O) groups excluding carboxylic acids is 1. The highest BCUT2D eigenvalue weighted by molar-refractivity contribution is 5.94. The molecule has 0 heterocycles. The van der Waals surface area contributed by atoms with Crippen LogP contribution in [0.1, 0.15) is 34.5 Å². The zero-order valence-electron chi connectivity index (χ0n) is 12.4. The van der Waals surface area contributed by atoms with E-state index in [1.54, 1.807) is 26.2 Å². The highest BCUT2D eigenvalue weighted by Crippen LogP contribution is 2.20. The van der Waals surface area contributed by atoms with Gasteiger partial charge < -0.3 is 15.2 Å². The van der Waals surface area contributed by atoms with Gasteiger partial charge in [0.25, 0.3) is 5.91 Å². The van der Waals surface area contributed by atoms with Gasteiger partial charge in [0.15, 0.2) is 0 Å². The summed E-state index contributed by atoms with van der Waals surface area (Å²) in [4.78, 5) is 12.2. The summed E-state index contributed by atoms with van der Waals surface area (Å²) in [5, 5.41) is 12.4. The third kappa shape index (κ3) is 3.54. The van der Waals surface area contributed by atoms with Gasteiger partial charge in [-0.3, -0.25) is 4.79 Å². The number of aromatic hydroxyl groups is 1. The Bertz CT molecular complexity index is 635. The van der Waals surface area contributed by atoms with E-state index in [2.05, 4.69) is 5.32 Å². The van der Waals surface area contributed by atoms with Gasteiger partial charge in [-0.1, -0.05) is 12.1 Å². The van der Waals surface area contributed by atoms with E-state index in [1.165, 1.54) is 6.07 Å². The van der Waals surface area contributed by atoms with Crippen molar-refractivity contribution >= 4 is 5.91 Å². The highest BCUT2D eigenvalue weighted by atomic mass is 16.5. The first-order valence-electron chi connectivity index (χ1n) is 6.75. The van der Waals surface area contributed by atoms with Crippen molar-refractivity contribution in [2.45, 2.75) is 19.9 Å². The second-order valence-corrected chi connectivity index (χ2v) is 4.97. The molecule has 0 saturated heterocycles. The molecule has 2 N–H and O–H groups in total. The molecule has 0 spiro atoms. The Kier molecular flexibility index (Phi) is 4.48. The first kappa shape index (κ1) is 14.9. The van der Waals surface area contributed by atoms with Gasteiger partial charge in [0.1, 0.15) is 11.5 Å². The van der Waals surface area contributed by atoms with E-state index in [0.29, 0.717) is 11.1 Å². The van der Waals surface area contributed by atoms with Gasteiger partial charge in [-0.05, 0) is 55.3 Å². The molecular formula is C17H19NO3. The summed E-state index contributed by atoms with van der Waals surface area (Å²) in [7, 11) is 1.62. The molecule has 2 rings (SSSR count). The number of carbonyl (C=O) groups is 1. The van der Waals surface area contributed by atoms with Crippen molar-refractivity contribution in [3.05, 3.63) is 59.2 Å². The summed E-state index contributed by atoms with van der Waals surface area (Å²) in [5.41, 5.74) is 2.21. The Hall–Kier alpha value is -2.49. The van der Waals surface area contributed by atoms with Crippen LogP contribution in [0.5, 0.6) is 11.5 Å². The summed E-state index contributed by atoms with van der Waals surface area (Å²) >= 11 is 0. The van der Waals surface area contributed by atoms with Crippen LogP contribution in [0, 0.1) is 6.92 Å². The smallest absolute Gasteiger partial charge is 0.251 e. The van der Waals surface area contributed by atoms with E-state index < -0.39 is 0 Å². The van der Waals surface area contributed by atoms with E-state index in [-0.39, 0.29) is 17.7 Å². The number of phenols is 1. The third-order valence-electron chi connectivity index (χ3n) is 3.42. The Labute approximate surface area is 124 Å². The van der Waals surface area contributed by atoms with Crippen LogP contribution in [0.2, 0.25) is 0 Å². The van der Waals surface area contributed by atoms with Crippen molar-refractivity contribution in [1.29, 1.82) is 0 Å². The molecule has 4 nitrogen and oxygen atoms in total. The molecule has 2 aromatic rings. The van der Waals surface area contributed by atoms with E-state index in [0.717, 1.165) is 11.3 Å². The lowest BCUT2D eigenvalue weighted by Crippen LogP contribution is -2.26. The zero-order chi connectivity index (χ0) is 15.4. The SMILES string of the molecule is COc1ccc(C(C)NC(=O)c2ccc(O)c(C)c2)cc1. The number of hydrogen-bond donors (Lipinski definition) is 2.